The molecule has 0 bridgehead atoms. The molecule has 114 valence electrons. The summed E-state index contributed by atoms with van der Waals surface area (Å²) in [6.45, 7) is 4.52. The summed E-state index contributed by atoms with van der Waals surface area (Å²) in [5.41, 5.74) is 1.70. The lowest BCUT2D eigenvalue weighted by Crippen LogP contribution is -2.44. The van der Waals surface area contributed by atoms with Crippen molar-refractivity contribution in [2.24, 2.45) is 0 Å². The first-order valence-corrected chi connectivity index (χ1v) is 9.55. The number of piperidine rings is 1. The van der Waals surface area contributed by atoms with Crippen molar-refractivity contribution in [2.75, 3.05) is 19.3 Å². The second-order valence-corrected chi connectivity index (χ2v) is 8.58. The van der Waals surface area contributed by atoms with Gasteiger partial charge in [-0.25, -0.2) is 8.42 Å². The number of nitrogens with zero attached hydrogens (tertiary/aromatic N) is 2. The zero-order valence-corrected chi connectivity index (χ0v) is 14.2. The Kier molecular flexibility index (Phi) is 4.66. The number of rotatable bonds is 3. The van der Waals surface area contributed by atoms with Gasteiger partial charge < -0.3 is 0 Å². The Morgan fingerprint density at radius 2 is 1.90 bits per heavy atom. The van der Waals surface area contributed by atoms with Gasteiger partial charge in [0.25, 0.3) is 0 Å². The SMILES string of the molecule is CSC1(C#N)CCN(S(=O)(=O)c2cc(C)ccc2C)CC1. The van der Waals surface area contributed by atoms with Crippen LogP contribution >= 0.6 is 11.8 Å². The molecule has 6 heteroatoms. The molecule has 4 nitrogen and oxygen atoms in total. The molecule has 0 aromatic heterocycles. The van der Waals surface area contributed by atoms with Crippen LogP contribution in [0.4, 0.5) is 0 Å². The fourth-order valence-electron chi connectivity index (χ4n) is 2.57. The van der Waals surface area contributed by atoms with Crippen molar-refractivity contribution in [1.29, 1.82) is 5.26 Å². The summed E-state index contributed by atoms with van der Waals surface area (Å²) in [5, 5.41) is 9.29. The molecule has 0 aliphatic carbocycles. The molecule has 1 heterocycles. The van der Waals surface area contributed by atoms with E-state index in [2.05, 4.69) is 6.07 Å². The first-order chi connectivity index (χ1) is 9.84. The number of benzene rings is 1. The predicted octanol–water partition coefficient (Wildman–Crippen LogP) is 2.71. The number of aryl methyl sites for hydroxylation is 2. The van der Waals surface area contributed by atoms with Crippen LogP contribution in [0.1, 0.15) is 24.0 Å². The zero-order valence-electron chi connectivity index (χ0n) is 12.6. The van der Waals surface area contributed by atoms with Gasteiger partial charge in [-0.3, -0.25) is 0 Å². The molecule has 0 spiro atoms. The quantitative estimate of drug-likeness (QED) is 0.857. The minimum absolute atomic E-state index is 0.385. The summed E-state index contributed by atoms with van der Waals surface area (Å²) in [5.74, 6) is 0. The van der Waals surface area contributed by atoms with Gasteiger partial charge in [-0.1, -0.05) is 12.1 Å². The van der Waals surface area contributed by atoms with Crippen molar-refractivity contribution in [2.45, 2.75) is 36.3 Å². The third-order valence-electron chi connectivity index (χ3n) is 4.09. The molecule has 1 aromatic rings. The van der Waals surface area contributed by atoms with E-state index in [1.807, 2.05) is 32.2 Å². The van der Waals surface area contributed by atoms with Crippen LogP contribution < -0.4 is 0 Å². The van der Waals surface area contributed by atoms with E-state index in [1.54, 1.807) is 6.07 Å². The Balaban J connectivity index is 2.27. The van der Waals surface area contributed by atoms with Gasteiger partial charge in [0.2, 0.25) is 10.0 Å². The normalized spacial score (nSPS) is 19.1. The molecule has 21 heavy (non-hydrogen) atoms. The highest BCUT2D eigenvalue weighted by Crippen LogP contribution is 2.35. The second-order valence-electron chi connectivity index (χ2n) is 5.48. The molecule has 0 atom stereocenters. The van der Waals surface area contributed by atoms with Crippen LogP contribution in [0.25, 0.3) is 0 Å². The first-order valence-electron chi connectivity index (χ1n) is 6.88. The van der Waals surface area contributed by atoms with Gasteiger partial charge in [-0.2, -0.15) is 9.57 Å². The molecule has 2 rings (SSSR count). The largest absolute Gasteiger partial charge is 0.243 e. The Labute approximate surface area is 131 Å². The van der Waals surface area contributed by atoms with Crippen LogP contribution in [0, 0.1) is 25.2 Å². The van der Waals surface area contributed by atoms with Crippen molar-refractivity contribution < 1.29 is 8.42 Å². The van der Waals surface area contributed by atoms with Crippen LogP contribution in [-0.4, -0.2) is 36.8 Å². The van der Waals surface area contributed by atoms with Gasteiger partial charge in [-0.15, -0.1) is 11.8 Å². The second kappa shape index (κ2) is 5.99. The monoisotopic (exact) mass is 324 g/mol. The third-order valence-corrected chi connectivity index (χ3v) is 7.41. The average molecular weight is 324 g/mol. The van der Waals surface area contributed by atoms with Gasteiger partial charge in [0.1, 0.15) is 4.75 Å². The molecular formula is C15H20N2O2S2. The van der Waals surface area contributed by atoms with Crippen molar-refractivity contribution in [3.8, 4) is 6.07 Å². The van der Waals surface area contributed by atoms with Crippen LogP contribution in [0.5, 0.6) is 0 Å². The maximum atomic E-state index is 12.8. The molecule has 0 unspecified atom stereocenters. The van der Waals surface area contributed by atoms with E-state index in [-0.39, 0.29) is 0 Å². The first kappa shape index (κ1) is 16.3. The maximum Gasteiger partial charge on any atom is 0.243 e. The summed E-state index contributed by atoms with van der Waals surface area (Å²) in [6, 6.07) is 7.82. The molecule has 1 fully saturated rings. The molecule has 1 saturated heterocycles. The van der Waals surface area contributed by atoms with Gasteiger partial charge >= 0.3 is 0 Å². The van der Waals surface area contributed by atoms with Gasteiger partial charge in [-0.05, 0) is 50.1 Å². The molecule has 0 N–H and O–H groups in total. The summed E-state index contributed by atoms with van der Waals surface area (Å²) >= 11 is 1.52. The Morgan fingerprint density at radius 1 is 1.29 bits per heavy atom. The number of sulfonamides is 1. The summed E-state index contributed by atoms with van der Waals surface area (Å²) in [6.07, 6.45) is 3.07. The highest BCUT2D eigenvalue weighted by molar-refractivity contribution is 8.00. The Hall–Kier alpha value is -1.03. The molecule has 0 amide bonds. The fourth-order valence-corrected chi connectivity index (χ4v) is 5.01. The van der Waals surface area contributed by atoms with Crippen molar-refractivity contribution >= 4 is 21.8 Å². The van der Waals surface area contributed by atoms with Gasteiger partial charge in [0.05, 0.1) is 11.0 Å². The summed E-state index contributed by atoms with van der Waals surface area (Å²) in [7, 11) is -3.47. The van der Waals surface area contributed by atoms with Gasteiger partial charge in [0, 0.05) is 13.1 Å². The van der Waals surface area contributed by atoms with E-state index in [9.17, 15) is 13.7 Å². The number of hydrogen-bond donors (Lipinski definition) is 0. The van der Waals surface area contributed by atoms with Crippen LogP contribution in [0.15, 0.2) is 23.1 Å². The predicted molar refractivity (Wildman–Crippen MR) is 85.8 cm³/mol. The van der Waals surface area contributed by atoms with Crippen LogP contribution in [0.2, 0.25) is 0 Å². The Morgan fingerprint density at radius 3 is 2.43 bits per heavy atom. The fraction of sp³-hybridized carbons (Fsp3) is 0.533. The molecule has 0 radical (unpaired) electrons. The van der Waals surface area contributed by atoms with Crippen molar-refractivity contribution in [1.82, 2.24) is 4.31 Å². The van der Waals surface area contributed by atoms with E-state index in [0.29, 0.717) is 30.8 Å². The number of nitriles is 1. The maximum absolute atomic E-state index is 12.8. The average Bonchev–Trinajstić information content (AvgIpc) is 2.49. The van der Waals surface area contributed by atoms with Crippen molar-refractivity contribution in [3.05, 3.63) is 29.3 Å². The standard InChI is InChI=1S/C15H20N2O2S2/c1-12-4-5-13(2)14(10-12)21(18,19)17-8-6-15(11-16,20-3)7-9-17/h4-5,10H,6-9H2,1-3H3. The van der Waals surface area contributed by atoms with Crippen LogP contribution in [-0.2, 0) is 10.0 Å². The summed E-state index contributed by atoms with van der Waals surface area (Å²) < 4.78 is 26.6. The third kappa shape index (κ3) is 3.10. The highest BCUT2D eigenvalue weighted by Gasteiger charge is 2.38. The van der Waals surface area contributed by atoms with E-state index in [4.69, 9.17) is 0 Å². The van der Waals surface area contributed by atoms with E-state index in [0.717, 1.165) is 11.1 Å². The molecule has 1 aromatic carbocycles. The zero-order chi connectivity index (χ0) is 15.7. The highest BCUT2D eigenvalue weighted by atomic mass is 32.2. The lowest BCUT2D eigenvalue weighted by atomic mass is 9.99. The van der Waals surface area contributed by atoms with E-state index in [1.165, 1.54) is 16.1 Å². The van der Waals surface area contributed by atoms with Crippen molar-refractivity contribution in [3.63, 3.8) is 0 Å². The lowest BCUT2D eigenvalue weighted by molar-refractivity contribution is 0.327. The number of thioether (sulfide) groups is 1. The lowest BCUT2D eigenvalue weighted by Gasteiger charge is -2.35. The summed E-state index contributed by atoms with van der Waals surface area (Å²) in [4.78, 5) is 0.385. The topological polar surface area (TPSA) is 61.2 Å². The van der Waals surface area contributed by atoms with Crippen LogP contribution in [0.3, 0.4) is 0 Å². The minimum atomic E-state index is -3.47. The molecular weight excluding hydrogens is 304 g/mol. The van der Waals surface area contributed by atoms with E-state index >= 15 is 0 Å². The minimum Gasteiger partial charge on any atom is -0.207 e. The Bertz CT molecular complexity index is 669. The molecule has 1 aliphatic rings. The van der Waals surface area contributed by atoms with Gasteiger partial charge in [0.15, 0.2) is 0 Å². The molecule has 1 aliphatic heterocycles. The number of hydrogen-bond acceptors (Lipinski definition) is 4. The van der Waals surface area contributed by atoms with E-state index < -0.39 is 14.8 Å². The molecule has 0 saturated carbocycles. The smallest absolute Gasteiger partial charge is 0.207 e.